The molecule has 2 aromatic heterocycles. The lowest BCUT2D eigenvalue weighted by molar-refractivity contribution is 0.357. The molecule has 0 spiro atoms. The van der Waals surface area contributed by atoms with E-state index >= 15 is 0 Å². The van der Waals surface area contributed by atoms with Crippen molar-refractivity contribution < 1.29 is 4.52 Å². The Hall–Kier alpha value is -1.99. The van der Waals surface area contributed by atoms with E-state index in [0.29, 0.717) is 23.8 Å². The number of pyridine rings is 1. The van der Waals surface area contributed by atoms with Crippen molar-refractivity contribution in [2.75, 3.05) is 20.6 Å². The van der Waals surface area contributed by atoms with Gasteiger partial charge in [0.1, 0.15) is 0 Å². The maximum absolute atomic E-state index is 11.2. The highest BCUT2D eigenvalue weighted by atomic mass is 16.5. The molecule has 0 saturated carbocycles. The normalized spacial score (nSPS) is 12.9. The van der Waals surface area contributed by atoms with E-state index < -0.39 is 0 Å². The molecular formula is C11H15N5O2. The number of nitrogens with two attached hydrogens (primary N) is 1. The highest BCUT2D eigenvalue weighted by molar-refractivity contribution is 5.51. The zero-order chi connectivity index (χ0) is 13.1. The summed E-state index contributed by atoms with van der Waals surface area (Å²) in [5, 5.41) is 3.83. The summed E-state index contributed by atoms with van der Waals surface area (Å²) in [7, 11) is 3.83. The molecule has 7 heteroatoms. The summed E-state index contributed by atoms with van der Waals surface area (Å²) in [5.74, 6) is 0.726. The fourth-order valence-electron chi connectivity index (χ4n) is 1.56. The van der Waals surface area contributed by atoms with Crippen LogP contribution in [0.5, 0.6) is 0 Å². The van der Waals surface area contributed by atoms with Crippen molar-refractivity contribution in [2.45, 2.75) is 6.04 Å². The number of hydrogen-bond donors (Lipinski definition) is 2. The van der Waals surface area contributed by atoms with Gasteiger partial charge in [-0.05, 0) is 20.2 Å². The third-order valence-corrected chi connectivity index (χ3v) is 2.36. The van der Waals surface area contributed by atoms with Crippen LogP contribution in [0.4, 0.5) is 0 Å². The van der Waals surface area contributed by atoms with Crippen LogP contribution in [-0.2, 0) is 0 Å². The number of likely N-dealkylation sites (N-methyl/N-ethyl adjacent to an activating group) is 1. The van der Waals surface area contributed by atoms with Crippen molar-refractivity contribution in [2.24, 2.45) is 5.73 Å². The van der Waals surface area contributed by atoms with Crippen LogP contribution in [0, 0.1) is 0 Å². The molecule has 3 N–H and O–H groups in total. The lowest BCUT2D eigenvalue weighted by Crippen LogP contribution is -2.26. The maximum Gasteiger partial charge on any atom is 0.258 e. The molecule has 7 nitrogen and oxygen atoms in total. The molecule has 0 saturated heterocycles. The van der Waals surface area contributed by atoms with Crippen LogP contribution in [0.25, 0.3) is 11.5 Å². The molecule has 1 unspecified atom stereocenters. The predicted octanol–water partition coefficient (Wildman–Crippen LogP) is -0.0137. The predicted molar refractivity (Wildman–Crippen MR) is 65.8 cm³/mol. The standard InChI is InChI=1S/C11H15N5O2/c1-16(2)6-8(12)10-14-11(18-15-10)7-3-4-13-9(17)5-7/h3-5,8H,6,12H2,1-2H3,(H,13,17). The maximum atomic E-state index is 11.2. The Labute approximate surface area is 104 Å². The molecule has 2 heterocycles. The van der Waals surface area contributed by atoms with Crippen LogP contribution in [0.1, 0.15) is 11.9 Å². The topological polar surface area (TPSA) is 101 Å². The summed E-state index contributed by atoms with van der Waals surface area (Å²) in [6.45, 7) is 0.619. The summed E-state index contributed by atoms with van der Waals surface area (Å²) >= 11 is 0. The number of hydrogen-bond acceptors (Lipinski definition) is 6. The minimum absolute atomic E-state index is 0.218. The van der Waals surface area contributed by atoms with Crippen molar-refractivity contribution in [3.05, 3.63) is 34.5 Å². The van der Waals surface area contributed by atoms with E-state index in [1.54, 1.807) is 6.07 Å². The molecule has 0 aliphatic carbocycles. The molecule has 0 aromatic carbocycles. The number of aromatic amines is 1. The molecule has 18 heavy (non-hydrogen) atoms. The third-order valence-electron chi connectivity index (χ3n) is 2.36. The summed E-state index contributed by atoms with van der Waals surface area (Å²) < 4.78 is 5.10. The summed E-state index contributed by atoms with van der Waals surface area (Å²) in [4.78, 5) is 19.8. The van der Waals surface area contributed by atoms with Gasteiger partial charge in [-0.15, -0.1) is 0 Å². The largest absolute Gasteiger partial charge is 0.334 e. The van der Waals surface area contributed by atoms with Gasteiger partial charge in [0, 0.05) is 24.4 Å². The van der Waals surface area contributed by atoms with Crippen molar-refractivity contribution in [3.63, 3.8) is 0 Å². The van der Waals surface area contributed by atoms with Gasteiger partial charge in [0.05, 0.1) is 6.04 Å². The van der Waals surface area contributed by atoms with E-state index in [1.165, 1.54) is 12.3 Å². The Morgan fingerprint density at radius 2 is 2.33 bits per heavy atom. The van der Waals surface area contributed by atoms with Gasteiger partial charge in [-0.1, -0.05) is 5.16 Å². The van der Waals surface area contributed by atoms with E-state index in [2.05, 4.69) is 15.1 Å². The second-order valence-electron chi connectivity index (χ2n) is 4.27. The zero-order valence-corrected chi connectivity index (χ0v) is 10.3. The molecule has 0 aliphatic rings. The lowest BCUT2D eigenvalue weighted by atomic mass is 10.2. The van der Waals surface area contributed by atoms with E-state index in [0.717, 1.165) is 0 Å². The van der Waals surface area contributed by atoms with Crippen LogP contribution in [0.3, 0.4) is 0 Å². The Morgan fingerprint density at radius 1 is 1.56 bits per heavy atom. The molecule has 2 aromatic rings. The smallest absolute Gasteiger partial charge is 0.258 e. The molecule has 0 radical (unpaired) electrons. The van der Waals surface area contributed by atoms with E-state index in [-0.39, 0.29) is 11.6 Å². The Balaban J connectivity index is 2.23. The fraction of sp³-hybridized carbons (Fsp3) is 0.364. The fourth-order valence-corrected chi connectivity index (χ4v) is 1.56. The van der Waals surface area contributed by atoms with Gasteiger partial charge >= 0.3 is 0 Å². The van der Waals surface area contributed by atoms with Crippen LogP contribution in [0.15, 0.2) is 27.6 Å². The molecular weight excluding hydrogens is 234 g/mol. The second kappa shape index (κ2) is 5.11. The summed E-state index contributed by atoms with van der Waals surface area (Å²) in [6.07, 6.45) is 1.53. The van der Waals surface area contributed by atoms with Crippen molar-refractivity contribution in [1.82, 2.24) is 20.0 Å². The van der Waals surface area contributed by atoms with Gasteiger partial charge in [-0.2, -0.15) is 4.98 Å². The van der Waals surface area contributed by atoms with Crippen LogP contribution < -0.4 is 11.3 Å². The Morgan fingerprint density at radius 3 is 3.00 bits per heavy atom. The third kappa shape index (κ3) is 2.82. The first-order valence-corrected chi connectivity index (χ1v) is 5.49. The van der Waals surface area contributed by atoms with Gasteiger partial charge in [0.25, 0.3) is 5.89 Å². The summed E-state index contributed by atoms with van der Waals surface area (Å²) in [6, 6.07) is 2.77. The highest BCUT2D eigenvalue weighted by Gasteiger charge is 2.16. The average Bonchev–Trinajstić information content (AvgIpc) is 2.77. The van der Waals surface area contributed by atoms with Crippen LogP contribution >= 0.6 is 0 Å². The van der Waals surface area contributed by atoms with Crippen molar-refractivity contribution in [3.8, 4) is 11.5 Å². The molecule has 1 atom stereocenters. The van der Waals surface area contributed by atoms with E-state index in [9.17, 15) is 4.79 Å². The van der Waals surface area contributed by atoms with E-state index in [4.69, 9.17) is 10.3 Å². The second-order valence-corrected chi connectivity index (χ2v) is 4.27. The van der Waals surface area contributed by atoms with Gasteiger partial charge in [0.15, 0.2) is 5.82 Å². The van der Waals surface area contributed by atoms with Crippen molar-refractivity contribution in [1.29, 1.82) is 0 Å². The molecule has 0 bridgehead atoms. The Bertz CT molecular complexity index is 575. The lowest BCUT2D eigenvalue weighted by Gasteiger charge is -2.12. The average molecular weight is 249 g/mol. The number of H-pyrrole nitrogens is 1. The number of aromatic nitrogens is 3. The van der Waals surface area contributed by atoms with E-state index in [1.807, 2.05) is 19.0 Å². The molecule has 0 amide bonds. The molecule has 2 rings (SSSR count). The monoisotopic (exact) mass is 249 g/mol. The first kappa shape index (κ1) is 12.5. The number of nitrogens with zero attached hydrogens (tertiary/aromatic N) is 3. The minimum atomic E-state index is -0.320. The van der Waals surface area contributed by atoms with Gasteiger partial charge < -0.3 is 20.1 Å². The van der Waals surface area contributed by atoms with Gasteiger partial charge in [-0.25, -0.2) is 0 Å². The van der Waals surface area contributed by atoms with Crippen molar-refractivity contribution >= 4 is 0 Å². The highest BCUT2D eigenvalue weighted by Crippen LogP contribution is 2.16. The van der Waals surface area contributed by atoms with Gasteiger partial charge in [-0.3, -0.25) is 4.79 Å². The molecule has 0 fully saturated rings. The zero-order valence-electron chi connectivity index (χ0n) is 10.3. The van der Waals surface area contributed by atoms with Crippen LogP contribution in [0.2, 0.25) is 0 Å². The number of rotatable bonds is 4. The molecule has 0 aliphatic heterocycles. The first-order valence-electron chi connectivity index (χ1n) is 5.49. The SMILES string of the molecule is CN(C)CC(N)c1noc(-c2cc[nH]c(=O)c2)n1. The number of nitrogens with one attached hydrogen (secondary N) is 1. The Kier molecular flexibility index (Phi) is 3.54. The first-order chi connectivity index (χ1) is 8.56. The van der Waals surface area contributed by atoms with Crippen LogP contribution in [-0.4, -0.2) is 40.7 Å². The van der Waals surface area contributed by atoms with Gasteiger partial charge in [0.2, 0.25) is 5.56 Å². The minimum Gasteiger partial charge on any atom is -0.334 e. The quantitative estimate of drug-likeness (QED) is 0.790. The molecule has 96 valence electrons. The summed E-state index contributed by atoms with van der Waals surface area (Å²) in [5.41, 5.74) is 6.28.